The van der Waals surface area contributed by atoms with Gasteiger partial charge in [0.2, 0.25) is 5.82 Å². The van der Waals surface area contributed by atoms with Crippen LogP contribution in [-0.2, 0) is 6.42 Å². The Bertz CT molecular complexity index is 604. The summed E-state index contributed by atoms with van der Waals surface area (Å²) >= 11 is 0. The minimum atomic E-state index is 0.189. The highest BCUT2D eigenvalue weighted by Crippen LogP contribution is 2.23. The molecule has 2 aromatic rings. The van der Waals surface area contributed by atoms with Crippen LogP contribution in [0.1, 0.15) is 46.5 Å². The Labute approximate surface area is 126 Å². The van der Waals surface area contributed by atoms with Gasteiger partial charge in [-0.3, -0.25) is 0 Å². The van der Waals surface area contributed by atoms with Crippen LogP contribution < -0.4 is 4.73 Å². The molecule has 0 N–H and O–H groups in total. The molecule has 5 nitrogen and oxygen atoms in total. The van der Waals surface area contributed by atoms with Gasteiger partial charge >= 0.3 is 0 Å². The van der Waals surface area contributed by atoms with Crippen molar-refractivity contribution < 1.29 is 4.73 Å². The summed E-state index contributed by atoms with van der Waals surface area (Å²) in [6.07, 6.45) is 2.31. The lowest BCUT2D eigenvalue weighted by Gasteiger charge is -2.17. The van der Waals surface area contributed by atoms with Crippen LogP contribution in [0.2, 0.25) is 0 Å². The Kier molecular flexibility index (Phi) is 4.60. The number of aromatic nitrogens is 4. The monoisotopic (exact) mass is 288 g/mol. The Balaban J connectivity index is 2.52. The summed E-state index contributed by atoms with van der Waals surface area (Å²) in [5, 5.41) is 16.7. The molecule has 0 aliphatic carbocycles. The second kappa shape index (κ2) is 6.24. The third-order valence-electron chi connectivity index (χ3n) is 3.67. The predicted octanol–water partition coefficient (Wildman–Crippen LogP) is 2.99. The molecule has 5 heteroatoms. The number of nitrogens with zero attached hydrogens (tertiary/aromatic N) is 4. The van der Waals surface area contributed by atoms with Crippen molar-refractivity contribution in [2.75, 3.05) is 0 Å². The van der Waals surface area contributed by atoms with Crippen molar-refractivity contribution >= 4 is 0 Å². The first-order valence-corrected chi connectivity index (χ1v) is 7.54. The maximum atomic E-state index is 12.0. The van der Waals surface area contributed by atoms with Crippen LogP contribution in [0, 0.1) is 17.0 Å². The molecule has 1 unspecified atom stereocenters. The van der Waals surface area contributed by atoms with Gasteiger partial charge in [0.15, 0.2) is 12.0 Å². The molecular weight excluding hydrogens is 264 g/mol. The van der Waals surface area contributed by atoms with E-state index in [9.17, 15) is 5.21 Å². The normalized spacial score (nSPS) is 13.1. The maximum absolute atomic E-state index is 12.0. The fourth-order valence-electron chi connectivity index (χ4n) is 2.16. The molecule has 0 aliphatic heterocycles. The Hall–Kier alpha value is -1.91. The second-order valence-electron chi connectivity index (χ2n) is 6.29. The minimum absolute atomic E-state index is 0.189. The topological polar surface area (TPSA) is 57.6 Å². The summed E-state index contributed by atoms with van der Waals surface area (Å²) in [5.74, 6) is 2.36. The smallest absolute Gasteiger partial charge is 0.261 e. The number of rotatable bonds is 5. The number of hydrogen-bond acceptors (Lipinski definition) is 3. The highest BCUT2D eigenvalue weighted by atomic mass is 16.5. The Morgan fingerprint density at radius 3 is 2.48 bits per heavy atom. The van der Waals surface area contributed by atoms with Crippen molar-refractivity contribution in [1.29, 1.82) is 0 Å². The number of hydrogen-bond donors (Lipinski definition) is 0. The van der Waals surface area contributed by atoms with Gasteiger partial charge in [-0.1, -0.05) is 27.7 Å². The van der Waals surface area contributed by atoms with E-state index in [0.717, 1.165) is 17.0 Å². The lowest BCUT2D eigenvalue weighted by Crippen LogP contribution is -2.30. The van der Waals surface area contributed by atoms with Crippen LogP contribution in [0.15, 0.2) is 24.4 Å². The van der Waals surface area contributed by atoms with Crippen molar-refractivity contribution in [2.24, 2.45) is 11.8 Å². The van der Waals surface area contributed by atoms with Crippen molar-refractivity contribution in [3.05, 3.63) is 35.4 Å². The van der Waals surface area contributed by atoms with Gasteiger partial charge in [0.25, 0.3) is 5.69 Å². The first kappa shape index (κ1) is 15.5. The zero-order valence-electron chi connectivity index (χ0n) is 13.4. The van der Waals surface area contributed by atoms with E-state index < -0.39 is 0 Å². The summed E-state index contributed by atoms with van der Waals surface area (Å²) in [5.41, 5.74) is 0.549. The van der Waals surface area contributed by atoms with Gasteiger partial charge in [-0.15, -0.1) is 0 Å². The molecule has 1 atom stereocenters. The molecule has 2 aromatic heterocycles. The predicted molar refractivity (Wildman–Crippen MR) is 82.5 cm³/mol. The summed E-state index contributed by atoms with van der Waals surface area (Å²) in [7, 11) is 0. The Morgan fingerprint density at radius 1 is 1.19 bits per heavy atom. The molecule has 0 aliphatic rings. The fourth-order valence-corrected chi connectivity index (χ4v) is 2.16. The van der Waals surface area contributed by atoms with Crippen molar-refractivity contribution in [3.63, 3.8) is 0 Å². The van der Waals surface area contributed by atoms with Crippen molar-refractivity contribution in [2.45, 2.75) is 47.1 Å². The van der Waals surface area contributed by atoms with Crippen molar-refractivity contribution in [3.8, 4) is 11.5 Å². The van der Waals surface area contributed by atoms with Gasteiger partial charge in [-0.05, 0) is 24.8 Å². The zero-order chi connectivity index (χ0) is 15.6. The van der Waals surface area contributed by atoms with Crippen LogP contribution in [-0.4, -0.2) is 14.8 Å². The first-order valence-electron chi connectivity index (χ1n) is 7.54. The molecule has 21 heavy (non-hydrogen) atoms. The average Bonchev–Trinajstić information content (AvgIpc) is 2.80. The lowest BCUT2D eigenvalue weighted by molar-refractivity contribution is -0.594. The lowest BCUT2D eigenvalue weighted by atomic mass is 10.1. The summed E-state index contributed by atoms with van der Waals surface area (Å²) < 4.78 is 2.75. The highest BCUT2D eigenvalue weighted by Gasteiger charge is 2.23. The molecule has 0 saturated heterocycles. The van der Waals surface area contributed by atoms with E-state index in [4.69, 9.17) is 0 Å². The second-order valence-corrected chi connectivity index (χ2v) is 6.29. The average molecular weight is 288 g/mol. The molecule has 0 spiro atoms. The van der Waals surface area contributed by atoms with Gasteiger partial charge < -0.3 is 5.21 Å². The standard InChI is InChI=1S/C16H24N4O/c1-11(2)10-15-17-16(14-8-6-7-9-19(14)21)20(18-15)13(5)12(3)4/h6-9,11-13H,10H2,1-5H3. The number of pyridine rings is 1. The molecule has 0 fully saturated rings. The van der Waals surface area contributed by atoms with Gasteiger partial charge in [0.1, 0.15) is 0 Å². The summed E-state index contributed by atoms with van der Waals surface area (Å²) in [4.78, 5) is 4.62. The maximum Gasteiger partial charge on any atom is 0.261 e. The third-order valence-corrected chi connectivity index (χ3v) is 3.67. The Morgan fingerprint density at radius 2 is 1.90 bits per heavy atom. The minimum Gasteiger partial charge on any atom is -0.618 e. The van der Waals surface area contributed by atoms with Gasteiger partial charge in [-0.25, -0.2) is 9.67 Å². The van der Waals surface area contributed by atoms with Gasteiger partial charge in [-0.2, -0.15) is 9.83 Å². The van der Waals surface area contributed by atoms with E-state index >= 15 is 0 Å². The van der Waals surface area contributed by atoms with E-state index in [1.54, 1.807) is 12.1 Å². The van der Waals surface area contributed by atoms with Crippen LogP contribution in [0.4, 0.5) is 0 Å². The third kappa shape index (κ3) is 3.40. The highest BCUT2D eigenvalue weighted by molar-refractivity contribution is 5.45. The molecule has 0 amide bonds. The van der Waals surface area contributed by atoms with E-state index in [1.165, 1.54) is 6.20 Å². The quantitative estimate of drug-likeness (QED) is 0.627. The van der Waals surface area contributed by atoms with E-state index in [-0.39, 0.29) is 6.04 Å². The van der Waals surface area contributed by atoms with Crippen LogP contribution in [0.25, 0.3) is 11.5 Å². The van der Waals surface area contributed by atoms with Crippen LogP contribution in [0.3, 0.4) is 0 Å². The first-order chi connectivity index (χ1) is 9.90. The zero-order valence-corrected chi connectivity index (χ0v) is 13.4. The van der Waals surface area contributed by atoms with Crippen LogP contribution in [0.5, 0.6) is 0 Å². The molecule has 2 rings (SSSR count). The summed E-state index contributed by atoms with van der Waals surface area (Å²) in [6, 6.07) is 5.55. The summed E-state index contributed by atoms with van der Waals surface area (Å²) in [6.45, 7) is 10.7. The largest absolute Gasteiger partial charge is 0.618 e. The van der Waals surface area contributed by atoms with E-state index in [0.29, 0.717) is 23.4 Å². The van der Waals surface area contributed by atoms with Crippen molar-refractivity contribution in [1.82, 2.24) is 14.8 Å². The van der Waals surface area contributed by atoms with Gasteiger partial charge in [0.05, 0.1) is 6.04 Å². The van der Waals surface area contributed by atoms with Crippen LogP contribution >= 0.6 is 0 Å². The van der Waals surface area contributed by atoms with E-state index in [1.807, 2.05) is 10.7 Å². The molecule has 0 radical (unpaired) electrons. The van der Waals surface area contributed by atoms with E-state index in [2.05, 4.69) is 44.7 Å². The van der Waals surface area contributed by atoms with Gasteiger partial charge in [0, 0.05) is 18.6 Å². The SMILES string of the molecule is CC(C)Cc1nc(-c2cccc[n+]2[O-])n(C(C)C(C)C)n1. The molecule has 2 heterocycles. The molecule has 0 bridgehead atoms. The fraction of sp³-hybridized carbons (Fsp3) is 0.562. The molecular formula is C16H24N4O. The molecule has 0 saturated carbocycles. The molecule has 0 aromatic carbocycles. The molecule has 114 valence electrons.